The zero-order valence-corrected chi connectivity index (χ0v) is 7.72. The van der Waals surface area contributed by atoms with Crippen molar-refractivity contribution in [3.8, 4) is 0 Å². The number of benzene rings is 1. The van der Waals surface area contributed by atoms with Crippen LogP contribution >= 0.6 is 0 Å². The third kappa shape index (κ3) is 2.69. The van der Waals surface area contributed by atoms with Crippen molar-refractivity contribution in [2.45, 2.75) is 6.92 Å². The minimum atomic E-state index is -0.917. The highest BCUT2D eigenvalue weighted by atomic mass is 19.2. The lowest BCUT2D eigenvalue weighted by atomic mass is 10.3. The second kappa shape index (κ2) is 4.55. The van der Waals surface area contributed by atoms with E-state index in [1.807, 2.05) is 6.92 Å². The van der Waals surface area contributed by atoms with Crippen molar-refractivity contribution in [1.29, 1.82) is 0 Å². The van der Waals surface area contributed by atoms with E-state index in [-0.39, 0.29) is 5.96 Å². The predicted molar refractivity (Wildman–Crippen MR) is 52.1 cm³/mol. The molecule has 0 aliphatic rings. The fraction of sp³-hybridized carbons (Fsp3) is 0.222. The molecule has 0 atom stereocenters. The van der Waals surface area contributed by atoms with Crippen molar-refractivity contribution in [1.82, 2.24) is 0 Å². The van der Waals surface area contributed by atoms with Crippen LogP contribution in [0, 0.1) is 11.6 Å². The van der Waals surface area contributed by atoms with Gasteiger partial charge in [-0.1, -0.05) is 0 Å². The molecule has 0 aliphatic heterocycles. The Kier molecular flexibility index (Phi) is 3.39. The van der Waals surface area contributed by atoms with Gasteiger partial charge in [0.15, 0.2) is 17.6 Å². The monoisotopic (exact) mass is 199 g/mol. The molecule has 5 heteroatoms. The highest BCUT2D eigenvalue weighted by Crippen LogP contribution is 2.12. The Bertz CT molecular complexity index is 350. The quantitative estimate of drug-likeness (QED) is 0.562. The molecule has 3 nitrogen and oxygen atoms in total. The number of nitrogens with zero attached hydrogens (tertiary/aromatic N) is 1. The summed E-state index contributed by atoms with van der Waals surface area (Å²) in [6.07, 6.45) is 0. The maximum atomic E-state index is 12.7. The average Bonchev–Trinajstić information content (AvgIpc) is 2.12. The lowest BCUT2D eigenvalue weighted by molar-refractivity contribution is 0.509. The zero-order valence-electron chi connectivity index (χ0n) is 7.72. The topological polar surface area (TPSA) is 50.4 Å². The fourth-order valence-corrected chi connectivity index (χ4v) is 0.932. The average molecular weight is 199 g/mol. The highest BCUT2D eigenvalue weighted by Gasteiger charge is 2.02. The van der Waals surface area contributed by atoms with Gasteiger partial charge in [-0.05, 0) is 19.1 Å². The second-order valence-corrected chi connectivity index (χ2v) is 2.61. The van der Waals surface area contributed by atoms with Gasteiger partial charge in [-0.25, -0.2) is 8.78 Å². The smallest absolute Gasteiger partial charge is 0.193 e. The predicted octanol–water partition coefficient (Wildman–Crippen LogP) is 1.71. The van der Waals surface area contributed by atoms with Crippen LogP contribution in [0.15, 0.2) is 23.2 Å². The molecule has 0 bridgehead atoms. The molecule has 0 amide bonds. The summed E-state index contributed by atoms with van der Waals surface area (Å²) in [5, 5.41) is 2.63. The molecule has 0 spiro atoms. The number of rotatable bonds is 2. The van der Waals surface area contributed by atoms with E-state index in [1.165, 1.54) is 6.07 Å². The standard InChI is InChI=1S/C9H11F2N3/c1-2-13-9(12)14-6-3-4-7(10)8(11)5-6/h3-5H,2H2,1H3,(H3,12,13,14). The van der Waals surface area contributed by atoms with Crippen molar-refractivity contribution in [2.75, 3.05) is 11.9 Å². The van der Waals surface area contributed by atoms with Crippen molar-refractivity contribution in [2.24, 2.45) is 10.7 Å². The van der Waals surface area contributed by atoms with E-state index in [2.05, 4.69) is 10.3 Å². The van der Waals surface area contributed by atoms with Crippen LogP contribution in [-0.2, 0) is 0 Å². The Hall–Kier alpha value is -1.65. The molecule has 1 rings (SSSR count). The van der Waals surface area contributed by atoms with Gasteiger partial charge in [0.1, 0.15) is 0 Å². The molecule has 0 fully saturated rings. The summed E-state index contributed by atoms with van der Waals surface area (Å²) in [4.78, 5) is 3.84. The normalized spacial score (nSPS) is 11.5. The van der Waals surface area contributed by atoms with Crippen molar-refractivity contribution in [3.63, 3.8) is 0 Å². The number of aliphatic imine (C=N–C) groups is 1. The van der Waals surface area contributed by atoms with Crippen LogP contribution in [0.4, 0.5) is 14.5 Å². The molecule has 3 N–H and O–H groups in total. The zero-order chi connectivity index (χ0) is 10.6. The van der Waals surface area contributed by atoms with Crippen molar-refractivity contribution >= 4 is 11.6 Å². The third-order valence-electron chi connectivity index (χ3n) is 1.52. The Balaban J connectivity index is 2.78. The van der Waals surface area contributed by atoms with Gasteiger partial charge in [0.05, 0.1) is 0 Å². The summed E-state index contributed by atoms with van der Waals surface area (Å²) >= 11 is 0. The maximum Gasteiger partial charge on any atom is 0.193 e. The molecule has 1 aromatic rings. The first kappa shape index (κ1) is 10.4. The van der Waals surface area contributed by atoms with E-state index in [4.69, 9.17) is 5.73 Å². The van der Waals surface area contributed by atoms with Crippen LogP contribution in [0.2, 0.25) is 0 Å². The van der Waals surface area contributed by atoms with E-state index < -0.39 is 11.6 Å². The summed E-state index contributed by atoms with van der Waals surface area (Å²) in [5.41, 5.74) is 5.80. The van der Waals surface area contributed by atoms with Gasteiger partial charge in [-0.3, -0.25) is 4.99 Å². The molecule has 0 aliphatic carbocycles. The number of hydrogen-bond donors (Lipinski definition) is 2. The van der Waals surface area contributed by atoms with Crippen LogP contribution in [0.5, 0.6) is 0 Å². The SMILES string of the molecule is CCN=C(N)Nc1ccc(F)c(F)c1. The molecule has 0 saturated heterocycles. The minimum absolute atomic E-state index is 0.179. The first-order valence-electron chi connectivity index (χ1n) is 4.15. The van der Waals surface area contributed by atoms with Crippen LogP contribution < -0.4 is 11.1 Å². The Morgan fingerprint density at radius 1 is 1.43 bits per heavy atom. The van der Waals surface area contributed by atoms with Gasteiger partial charge in [-0.2, -0.15) is 0 Å². The summed E-state index contributed by atoms with van der Waals surface area (Å²) in [6, 6.07) is 3.43. The first-order valence-corrected chi connectivity index (χ1v) is 4.15. The molecule has 0 saturated carbocycles. The maximum absolute atomic E-state index is 12.7. The van der Waals surface area contributed by atoms with Crippen molar-refractivity contribution < 1.29 is 8.78 Å². The summed E-state index contributed by atoms with van der Waals surface area (Å²) in [6.45, 7) is 2.35. The van der Waals surface area contributed by atoms with Crippen LogP contribution in [-0.4, -0.2) is 12.5 Å². The molecule has 0 aromatic heterocycles. The van der Waals surface area contributed by atoms with Gasteiger partial charge >= 0.3 is 0 Å². The lowest BCUT2D eigenvalue weighted by Gasteiger charge is -2.04. The number of nitrogens with one attached hydrogen (secondary N) is 1. The number of halogens is 2. The van der Waals surface area contributed by atoms with Crippen LogP contribution in [0.25, 0.3) is 0 Å². The third-order valence-corrected chi connectivity index (χ3v) is 1.52. The molecule has 0 unspecified atom stereocenters. The van der Waals surface area contributed by atoms with Crippen LogP contribution in [0.3, 0.4) is 0 Å². The summed E-state index contributed by atoms with van der Waals surface area (Å²) in [7, 11) is 0. The van der Waals surface area contributed by atoms with Gasteiger partial charge < -0.3 is 11.1 Å². The lowest BCUT2D eigenvalue weighted by Crippen LogP contribution is -2.22. The molecule has 0 radical (unpaired) electrons. The van der Waals surface area contributed by atoms with Gasteiger partial charge in [0.2, 0.25) is 0 Å². The number of guanidine groups is 1. The molecule has 1 aromatic carbocycles. The van der Waals surface area contributed by atoms with Gasteiger partial charge in [-0.15, -0.1) is 0 Å². The largest absolute Gasteiger partial charge is 0.370 e. The Morgan fingerprint density at radius 2 is 2.14 bits per heavy atom. The summed E-state index contributed by atoms with van der Waals surface area (Å²) in [5.74, 6) is -1.63. The van der Waals surface area contributed by atoms with E-state index in [0.717, 1.165) is 12.1 Å². The minimum Gasteiger partial charge on any atom is -0.370 e. The Labute approximate surface area is 80.6 Å². The number of hydrogen-bond acceptors (Lipinski definition) is 1. The highest BCUT2D eigenvalue weighted by molar-refractivity contribution is 5.92. The van der Waals surface area contributed by atoms with Gasteiger partial charge in [0, 0.05) is 18.3 Å². The van der Waals surface area contributed by atoms with Gasteiger partial charge in [0.25, 0.3) is 0 Å². The van der Waals surface area contributed by atoms with E-state index in [0.29, 0.717) is 12.2 Å². The summed E-state index contributed by atoms with van der Waals surface area (Å²) < 4.78 is 25.2. The second-order valence-electron chi connectivity index (χ2n) is 2.61. The molecular formula is C9H11F2N3. The Morgan fingerprint density at radius 3 is 2.71 bits per heavy atom. The number of anilines is 1. The van der Waals surface area contributed by atoms with E-state index >= 15 is 0 Å². The molecular weight excluding hydrogens is 188 g/mol. The van der Waals surface area contributed by atoms with E-state index in [9.17, 15) is 8.78 Å². The van der Waals surface area contributed by atoms with E-state index in [1.54, 1.807) is 0 Å². The fourth-order valence-electron chi connectivity index (χ4n) is 0.932. The van der Waals surface area contributed by atoms with Crippen LogP contribution in [0.1, 0.15) is 6.92 Å². The molecule has 76 valence electrons. The molecule has 0 heterocycles. The number of nitrogens with two attached hydrogens (primary N) is 1. The first-order chi connectivity index (χ1) is 6.63. The van der Waals surface area contributed by atoms with Crippen molar-refractivity contribution in [3.05, 3.63) is 29.8 Å². The molecule has 14 heavy (non-hydrogen) atoms.